The van der Waals surface area contributed by atoms with Crippen molar-refractivity contribution < 1.29 is 14.1 Å². The van der Waals surface area contributed by atoms with Crippen molar-refractivity contribution in [2.75, 3.05) is 7.11 Å². The van der Waals surface area contributed by atoms with Crippen LogP contribution < -0.4 is 0 Å². The minimum atomic E-state index is -0.377. The summed E-state index contributed by atoms with van der Waals surface area (Å²) in [6, 6.07) is 10.7. The van der Waals surface area contributed by atoms with Crippen LogP contribution >= 0.6 is 0 Å². The number of benzene rings is 1. The van der Waals surface area contributed by atoms with Crippen molar-refractivity contribution in [2.45, 2.75) is 6.42 Å². The quantitative estimate of drug-likeness (QED) is 0.768. The Morgan fingerprint density at radius 1 is 1.44 bits per heavy atom. The topological polar surface area (TPSA) is 76.1 Å². The highest BCUT2D eigenvalue weighted by atomic mass is 16.5. The molecule has 0 saturated heterocycles. The number of carbonyl (C=O) groups excluding carboxylic acids is 1. The van der Waals surface area contributed by atoms with E-state index in [1.54, 1.807) is 30.3 Å². The van der Waals surface area contributed by atoms with Gasteiger partial charge in [0.25, 0.3) is 0 Å². The fourth-order valence-electron chi connectivity index (χ4n) is 1.46. The smallest absolute Gasteiger partial charge is 0.313 e. The van der Waals surface area contributed by atoms with E-state index in [1.165, 1.54) is 7.11 Å². The zero-order chi connectivity index (χ0) is 13.0. The van der Waals surface area contributed by atoms with Crippen LogP contribution in [0.2, 0.25) is 0 Å². The molecule has 0 radical (unpaired) electrons. The maximum absolute atomic E-state index is 11.1. The SMILES string of the molecule is COC(=O)Cc1cc(-c2ccc(C#N)cc2)no1. The van der Waals surface area contributed by atoms with E-state index in [-0.39, 0.29) is 12.4 Å². The molecule has 5 heteroatoms. The van der Waals surface area contributed by atoms with Crippen LogP contribution in [0, 0.1) is 11.3 Å². The zero-order valence-electron chi connectivity index (χ0n) is 9.71. The van der Waals surface area contributed by atoms with Gasteiger partial charge in [-0.3, -0.25) is 4.79 Å². The Morgan fingerprint density at radius 2 is 2.17 bits per heavy atom. The van der Waals surface area contributed by atoms with Crippen LogP contribution in [0.1, 0.15) is 11.3 Å². The summed E-state index contributed by atoms with van der Waals surface area (Å²) in [7, 11) is 1.32. The summed E-state index contributed by atoms with van der Waals surface area (Å²) in [6.45, 7) is 0. The molecule has 0 aliphatic rings. The van der Waals surface area contributed by atoms with Gasteiger partial charge < -0.3 is 9.26 Å². The van der Waals surface area contributed by atoms with Gasteiger partial charge in [0.05, 0.1) is 18.7 Å². The van der Waals surface area contributed by atoms with Crippen LogP contribution in [0.5, 0.6) is 0 Å². The molecule has 2 rings (SSSR count). The number of methoxy groups -OCH3 is 1. The lowest BCUT2D eigenvalue weighted by atomic mass is 10.1. The number of rotatable bonds is 3. The Bertz CT molecular complexity index is 593. The standard InChI is InChI=1S/C13H10N2O3/c1-17-13(16)7-11-6-12(15-18-11)10-4-2-9(8-14)3-5-10/h2-6H,7H2,1H3. The number of ether oxygens (including phenoxy) is 1. The molecule has 2 aromatic rings. The molecule has 0 fully saturated rings. The van der Waals surface area contributed by atoms with E-state index in [9.17, 15) is 4.79 Å². The van der Waals surface area contributed by atoms with Crippen molar-refractivity contribution in [1.29, 1.82) is 5.26 Å². The molecule has 0 bridgehead atoms. The van der Waals surface area contributed by atoms with Gasteiger partial charge in [-0.25, -0.2) is 0 Å². The van der Waals surface area contributed by atoms with Crippen LogP contribution in [0.15, 0.2) is 34.9 Å². The molecule has 1 heterocycles. The van der Waals surface area contributed by atoms with Crippen molar-refractivity contribution >= 4 is 5.97 Å². The Balaban J connectivity index is 2.18. The Kier molecular flexibility index (Phi) is 3.39. The molecule has 5 nitrogen and oxygen atoms in total. The van der Waals surface area contributed by atoms with Gasteiger partial charge in [-0.05, 0) is 12.1 Å². The Hall–Kier alpha value is -2.61. The molecule has 1 aromatic carbocycles. The van der Waals surface area contributed by atoms with Crippen molar-refractivity contribution in [2.24, 2.45) is 0 Å². The average Bonchev–Trinajstić information content (AvgIpc) is 2.87. The van der Waals surface area contributed by atoms with E-state index in [2.05, 4.69) is 9.89 Å². The monoisotopic (exact) mass is 242 g/mol. The Labute approximate surface area is 104 Å². The molecule has 90 valence electrons. The van der Waals surface area contributed by atoms with E-state index in [0.717, 1.165) is 5.56 Å². The molecule has 0 atom stereocenters. The molecule has 1 aromatic heterocycles. The molecule has 0 amide bonds. The van der Waals surface area contributed by atoms with Crippen LogP contribution in [-0.4, -0.2) is 18.2 Å². The lowest BCUT2D eigenvalue weighted by Crippen LogP contribution is -2.03. The number of nitrogens with zero attached hydrogens (tertiary/aromatic N) is 2. The number of esters is 1. The maximum atomic E-state index is 11.1. The second-order valence-corrected chi connectivity index (χ2v) is 3.62. The molecule has 0 saturated carbocycles. The third kappa shape index (κ3) is 2.55. The van der Waals surface area contributed by atoms with Gasteiger partial charge in [0.1, 0.15) is 17.9 Å². The molecular weight excluding hydrogens is 232 g/mol. The summed E-state index contributed by atoms with van der Waals surface area (Å²) in [6.07, 6.45) is 0.0553. The van der Waals surface area contributed by atoms with Gasteiger partial charge in [0.15, 0.2) is 0 Å². The van der Waals surface area contributed by atoms with E-state index in [4.69, 9.17) is 9.78 Å². The minimum Gasteiger partial charge on any atom is -0.469 e. The van der Waals surface area contributed by atoms with Crippen LogP contribution in [0.3, 0.4) is 0 Å². The molecular formula is C13H10N2O3. The first-order chi connectivity index (χ1) is 8.72. The van der Waals surface area contributed by atoms with Crippen LogP contribution in [0.4, 0.5) is 0 Å². The first-order valence-corrected chi connectivity index (χ1v) is 5.26. The average molecular weight is 242 g/mol. The predicted octanol–water partition coefficient (Wildman–Crippen LogP) is 1.93. The van der Waals surface area contributed by atoms with Gasteiger partial charge in [-0.1, -0.05) is 17.3 Å². The second-order valence-electron chi connectivity index (χ2n) is 3.62. The first kappa shape index (κ1) is 11.9. The molecule has 0 aliphatic heterocycles. The van der Waals surface area contributed by atoms with Crippen molar-refractivity contribution in [3.05, 3.63) is 41.7 Å². The maximum Gasteiger partial charge on any atom is 0.313 e. The highest BCUT2D eigenvalue weighted by Gasteiger charge is 2.10. The van der Waals surface area contributed by atoms with E-state index >= 15 is 0 Å². The lowest BCUT2D eigenvalue weighted by Gasteiger charge is -1.94. The number of nitriles is 1. The summed E-state index contributed by atoms with van der Waals surface area (Å²) >= 11 is 0. The summed E-state index contributed by atoms with van der Waals surface area (Å²) in [4.78, 5) is 11.1. The molecule has 0 unspecified atom stereocenters. The number of carbonyl (C=O) groups is 1. The molecule has 0 spiro atoms. The van der Waals surface area contributed by atoms with Gasteiger partial charge >= 0.3 is 5.97 Å². The lowest BCUT2D eigenvalue weighted by molar-refractivity contribution is -0.140. The van der Waals surface area contributed by atoms with Gasteiger partial charge in [0, 0.05) is 11.6 Å². The highest BCUT2D eigenvalue weighted by molar-refractivity contribution is 5.72. The number of hydrogen-bond donors (Lipinski definition) is 0. The fourth-order valence-corrected chi connectivity index (χ4v) is 1.46. The second kappa shape index (κ2) is 5.15. The van der Waals surface area contributed by atoms with Gasteiger partial charge in [-0.15, -0.1) is 0 Å². The van der Waals surface area contributed by atoms with Crippen molar-refractivity contribution in [3.8, 4) is 17.3 Å². The van der Waals surface area contributed by atoms with Crippen LogP contribution in [0.25, 0.3) is 11.3 Å². The van der Waals surface area contributed by atoms with Gasteiger partial charge in [-0.2, -0.15) is 5.26 Å². The van der Waals surface area contributed by atoms with Crippen LogP contribution in [-0.2, 0) is 16.0 Å². The summed E-state index contributed by atoms with van der Waals surface area (Å²) < 4.78 is 9.57. The third-order valence-electron chi connectivity index (χ3n) is 2.41. The van der Waals surface area contributed by atoms with Gasteiger partial charge in [0.2, 0.25) is 0 Å². The normalized spacial score (nSPS) is 9.78. The highest BCUT2D eigenvalue weighted by Crippen LogP contribution is 2.19. The number of aromatic nitrogens is 1. The summed E-state index contributed by atoms with van der Waals surface area (Å²) in [5.74, 6) is 0.0683. The van der Waals surface area contributed by atoms with Crippen molar-refractivity contribution in [1.82, 2.24) is 5.16 Å². The first-order valence-electron chi connectivity index (χ1n) is 5.26. The minimum absolute atomic E-state index is 0.0553. The fraction of sp³-hybridized carbons (Fsp3) is 0.154. The summed E-state index contributed by atoms with van der Waals surface area (Å²) in [5, 5.41) is 12.6. The third-order valence-corrected chi connectivity index (χ3v) is 2.41. The molecule has 0 N–H and O–H groups in total. The zero-order valence-corrected chi connectivity index (χ0v) is 9.71. The molecule has 18 heavy (non-hydrogen) atoms. The van der Waals surface area contributed by atoms with E-state index < -0.39 is 0 Å². The molecule has 0 aliphatic carbocycles. The predicted molar refractivity (Wildman–Crippen MR) is 62.4 cm³/mol. The summed E-state index contributed by atoms with van der Waals surface area (Å²) in [5.41, 5.74) is 2.03. The largest absolute Gasteiger partial charge is 0.469 e. The Morgan fingerprint density at radius 3 is 2.78 bits per heavy atom. The van der Waals surface area contributed by atoms with E-state index in [1.807, 2.05) is 6.07 Å². The number of hydrogen-bond acceptors (Lipinski definition) is 5. The van der Waals surface area contributed by atoms with Crippen molar-refractivity contribution in [3.63, 3.8) is 0 Å². The van der Waals surface area contributed by atoms with E-state index in [0.29, 0.717) is 17.0 Å².